The van der Waals surface area contributed by atoms with E-state index in [1.165, 1.54) is 0 Å². The minimum atomic E-state index is -0.402. The molecule has 0 bridgehead atoms. The molecule has 0 saturated heterocycles. The number of para-hydroxylation sites is 1. The van der Waals surface area contributed by atoms with Gasteiger partial charge in [0.1, 0.15) is 12.4 Å². The van der Waals surface area contributed by atoms with Gasteiger partial charge in [0.25, 0.3) is 0 Å². The van der Waals surface area contributed by atoms with Crippen LogP contribution in [0.15, 0.2) is 42.5 Å². The fourth-order valence-corrected chi connectivity index (χ4v) is 1.36. The maximum atomic E-state index is 11.0. The zero-order valence-electron chi connectivity index (χ0n) is 9.64. The predicted octanol–water partition coefficient (Wildman–Crippen LogP) is 2.71. The fraction of sp³-hybridized carbons (Fsp3) is 0.250. The summed E-state index contributed by atoms with van der Waals surface area (Å²) in [7, 11) is -0.106. The summed E-state index contributed by atoms with van der Waals surface area (Å²) in [6, 6.07) is 9.37. The summed E-state index contributed by atoms with van der Waals surface area (Å²) in [6.07, 6.45) is 0. The van der Waals surface area contributed by atoms with Gasteiger partial charge in [0, 0.05) is 5.57 Å². The molecule has 1 aromatic carbocycles. The van der Waals surface area contributed by atoms with Gasteiger partial charge in [-0.3, -0.25) is 0 Å². The number of carbonyl (C=O) groups excluding carboxylic acids is 1. The topological polar surface area (TPSA) is 44.8 Å². The molecule has 0 radical (unpaired) electrons. The lowest BCUT2D eigenvalue weighted by atomic mass is 10.3. The van der Waals surface area contributed by atoms with Crippen LogP contribution in [0.3, 0.4) is 0 Å². The zero-order chi connectivity index (χ0) is 12.5. The molecule has 0 spiro atoms. The Balaban J connectivity index is 2.02. The van der Waals surface area contributed by atoms with Crippen LogP contribution in [0.4, 0.5) is 0 Å². The highest BCUT2D eigenvalue weighted by molar-refractivity contribution is 7.26. The van der Waals surface area contributed by atoms with Crippen molar-refractivity contribution in [2.45, 2.75) is 6.92 Å². The molecule has 0 fully saturated rings. The molecule has 0 saturated carbocycles. The number of benzene rings is 1. The van der Waals surface area contributed by atoms with Crippen LogP contribution in [-0.2, 0) is 14.1 Å². The molecule has 0 heterocycles. The summed E-state index contributed by atoms with van der Waals surface area (Å²) < 4.78 is 15.3. The average molecular weight is 254 g/mol. The third kappa shape index (κ3) is 6.05. The molecule has 1 rings (SSSR count). The van der Waals surface area contributed by atoms with Gasteiger partial charge in [0.2, 0.25) is 9.03 Å². The Kier molecular flexibility index (Phi) is 6.30. The molecule has 1 atom stereocenters. The van der Waals surface area contributed by atoms with Crippen molar-refractivity contribution in [2.75, 3.05) is 13.2 Å². The van der Waals surface area contributed by atoms with E-state index >= 15 is 0 Å². The molecule has 1 unspecified atom stereocenters. The number of hydrogen-bond acceptors (Lipinski definition) is 4. The van der Waals surface area contributed by atoms with E-state index in [2.05, 4.69) is 6.58 Å². The highest BCUT2D eigenvalue weighted by atomic mass is 31.1. The van der Waals surface area contributed by atoms with E-state index < -0.39 is 5.97 Å². The summed E-state index contributed by atoms with van der Waals surface area (Å²) in [5.74, 6) is 0.352. The maximum Gasteiger partial charge on any atom is 0.333 e. The van der Waals surface area contributed by atoms with Crippen LogP contribution in [0.5, 0.6) is 5.75 Å². The van der Waals surface area contributed by atoms with Crippen molar-refractivity contribution in [1.29, 1.82) is 0 Å². The van der Waals surface area contributed by atoms with Gasteiger partial charge < -0.3 is 13.8 Å². The van der Waals surface area contributed by atoms with E-state index in [0.29, 0.717) is 12.2 Å². The first kappa shape index (κ1) is 13.7. The minimum absolute atomic E-state index is 0.106. The second kappa shape index (κ2) is 7.82. The molecule has 0 aliphatic carbocycles. The van der Waals surface area contributed by atoms with Crippen LogP contribution in [0, 0.1) is 0 Å². The van der Waals surface area contributed by atoms with Gasteiger partial charge in [-0.1, -0.05) is 24.8 Å². The Morgan fingerprint density at radius 2 is 2.00 bits per heavy atom. The van der Waals surface area contributed by atoms with Gasteiger partial charge in [-0.2, -0.15) is 0 Å². The Morgan fingerprint density at radius 3 is 2.65 bits per heavy atom. The molecule has 0 N–H and O–H groups in total. The molecular weight excluding hydrogens is 239 g/mol. The van der Waals surface area contributed by atoms with Crippen molar-refractivity contribution in [3.05, 3.63) is 42.5 Å². The van der Waals surface area contributed by atoms with Crippen molar-refractivity contribution in [2.24, 2.45) is 0 Å². The van der Waals surface area contributed by atoms with E-state index in [0.717, 1.165) is 5.75 Å². The average Bonchev–Trinajstić information content (AvgIpc) is 2.34. The zero-order valence-corrected chi connectivity index (χ0v) is 10.6. The Bertz CT molecular complexity index is 364. The highest BCUT2D eigenvalue weighted by Gasteiger charge is 2.01. The molecule has 92 valence electrons. The summed E-state index contributed by atoms with van der Waals surface area (Å²) in [6.45, 7) is 5.59. The van der Waals surface area contributed by atoms with Gasteiger partial charge in [-0.05, 0) is 19.1 Å². The second-order valence-electron chi connectivity index (χ2n) is 3.26. The van der Waals surface area contributed by atoms with Gasteiger partial charge in [0.05, 0.1) is 6.61 Å². The van der Waals surface area contributed by atoms with Crippen LogP contribution in [0.1, 0.15) is 6.92 Å². The van der Waals surface area contributed by atoms with Crippen molar-refractivity contribution in [3.8, 4) is 5.75 Å². The Labute approximate surface area is 103 Å². The lowest BCUT2D eigenvalue weighted by Gasteiger charge is -2.06. The quantitative estimate of drug-likeness (QED) is 0.325. The SMILES string of the molecule is C=C(C)C(=O)OCCOPOc1ccccc1. The van der Waals surface area contributed by atoms with Gasteiger partial charge in [-0.25, -0.2) is 4.79 Å². The summed E-state index contributed by atoms with van der Waals surface area (Å²) in [5, 5.41) is 0. The number of carbonyl (C=O) groups is 1. The van der Waals surface area contributed by atoms with Crippen molar-refractivity contribution >= 4 is 15.0 Å². The van der Waals surface area contributed by atoms with E-state index in [4.69, 9.17) is 13.8 Å². The number of rotatable bonds is 7. The van der Waals surface area contributed by atoms with E-state index in [9.17, 15) is 4.79 Å². The number of esters is 1. The molecule has 5 heteroatoms. The molecule has 4 nitrogen and oxygen atoms in total. The van der Waals surface area contributed by atoms with Gasteiger partial charge >= 0.3 is 5.97 Å². The van der Waals surface area contributed by atoms with Gasteiger partial charge in [0.15, 0.2) is 0 Å². The third-order valence-electron chi connectivity index (χ3n) is 1.73. The van der Waals surface area contributed by atoms with Crippen molar-refractivity contribution < 1.29 is 18.6 Å². The minimum Gasteiger partial charge on any atom is -0.460 e. The maximum absolute atomic E-state index is 11.0. The van der Waals surface area contributed by atoms with Crippen LogP contribution in [0.25, 0.3) is 0 Å². The molecule has 17 heavy (non-hydrogen) atoms. The molecule has 1 aromatic rings. The van der Waals surface area contributed by atoms with Crippen molar-refractivity contribution in [3.63, 3.8) is 0 Å². The summed E-state index contributed by atoms with van der Waals surface area (Å²) in [5.41, 5.74) is 0.382. The lowest BCUT2D eigenvalue weighted by Crippen LogP contribution is -2.09. The summed E-state index contributed by atoms with van der Waals surface area (Å²) in [4.78, 5) is 11.0. The van der Waals surface area contributed by atoms with Crippen LogP contribution < -0.4 is 4.52 Å². The monoisotopic (exact) mass is 254 g/mol. The molecule has 0 aliphatic rings. The first-order valence-corrected chi connectivity index (χ1v) is 5.93. The van der Waals surface area contributed by atoms with Crippen LogP contribution >= 0.6 is 9.03 Å². The Morgan fingerprint density at radius 1 is 1.29 bits per heavy atom. The molecular formula is C12H15O4P. The molecule has 0 aliphatic heterocycles. The highest BCUT2D eigenvalue weighted by Crippen LogP contribution is 2.20. The fourth-order valence-electron chi connectivity index (χ4n) is 0.907. The molecule has 0 amide bonds. The number of ether oxygens (including phenoxy) is 1. The Hall–Kier alpha value is -1.38. The standard InChI is InChI=1S/C12H15O4P/c1-10(2)12(13)14-8-9-15-17-16-11-6-4-3-5-7-11/h3-7,17H,1,8-9H2,2H3. The van der Waals surface area contributed by atoms with E-state index in [-0.39, 0.29) is 15.6 Å². The predicted molar refractivity (Wildman–Crippen MR) is 67.1 cm³/mol. The third-order valence-corrected chi connectivity index (χ3v) is 2.37. The smallest absolute Gasteiger partial charge is 0.333 e. The van der Waals surface area contributed by atoms with E-state index in [1.807, 2.05) is 30.3 Å². The first-order valence-electron chi connectivity index (χ1n) is 5.11. The normalized spacial score (nSPS) is 10.4. The largest absolute Gasteiger partial charge is 0.460 e. The first-order chi connectivity index (χ1) is 8.20. The molecule has 0 aromatic heterocycles. The van der Waals surface area contributed by atoms with E-state index in [1.54, 1.807) is 6.92 Å². The second-order valence-corrected chi connectivity index (χ2v) is 3.92. The summed E-state index contributed by atoms with van der Waals surface area (Å²) >= 11 is 0. The lowest BCUT2D eigenvalue weighted by molar-refractivity contribution is -0.139. The van der Waals surface area contributed by atoms with Crippen LogP contribution in [0.2, 0.25) is 0 Å². The van der Waals surface area contributed by atoms with Crippen LogP contribution in [-0.4, -0.2) is 19.2 Å². The van der Waals surface area contributed by atoms with Gasteiger partial charge in [-0.15, -0.1) is 0 Å². The number of hydrogen-bond donors (Lipinski definition) is 0. The van der Waals surface area contributed by atoms with Crippen molar-refractivity contribution in [1.82, 2.24) is 0 Å².